The Labute approximate surface area is 333 Å². The van der Waals surface area contributed by atoms with Gasteiger partial charge in [-0.3, -0.25) is 0 Å². The zero-order valence-electron chi connectivity index (χ0n) is 31.3. The molecule has 12 rings (SSSR count). The van der Waals surface area contributed by atoms with Gasteiger partial charge in [0.15, 0.2) is 17.5 Å². The average molecular weight is 740 g/mol. The van der Waals surface area contributed by atoms with Gasteiger partial charge in [0, 0.05) is 54.7 Å². The highest BCUT2D eigenvalue weighted by molar-refractivity contribution is 6.23. The monoisotopic (exact) mass is 739 g/mol. The van der Waals surface area contributed by atoms with Crippen molar-refractivity contribution in [3.63, 3.8) is 0 Å². The maximum atomic E-state index is 5.13. The second-order valence-corrected chi connectivity index (χ2v) is 14.8. The standard InChI is InChI=1S/C53H33N5/c1-4-17-35(18-5-1)51-54-52(36-19-6-2-7-20-36)56-53(55-51)43-30-31-47(40-25-13-12-24-39(40)43)58-46-27-15-14-26-41(46)44-32-45-42-29-28-34-16-10-11-23-38(34)50(42)57(48(45)33-49(44)58)37-21-8-3-9-22-37/h1-33H. The molecule has 0 bridgehead atoms. The van der Waals surface area contributed by atoms with Crippen LogP contribution in [0.1, 0.15) is 0 Å². The molecule has 0 amide bonds. The van der Waals surface area contributed by atoms with E-state index >= 15 is 0 Å². The summed E-state index contributed by atoms with van der Waals surface area (Å²) >= 11 is 0. The molecule has 12 aromatic rings. The molecule has 0 radical (unpaired) electrons. The molecule has 270 valence electrons. The molecule has 0 aliphatic rings. The van der Waals surface area contributed by atoms with E-state index in [1.165, 1.54) is 43.4 Å². The lowest BCUT2D eigenvalue weighted by Gasteiger charge is -2.15. The molecule has 0 saturated carbocycles. The van der Waals surface area contributed by atoms with E-state index in [1.807, 2.05) is 60.7 Å². The molecule has 0 saturated heterocycles. The molecule has 0 aliphatic heterocycles. The summed E-state index contributed by atoms with van der Waals surface area (Å²) in [4.78, 5) is 15.2. The lowest BCUT2D eigenvalue weighted by molar-refractivity contribution is 1.08. The van der Waals surface area contributed by atoms with E-state index in [2.05, 4.69) is 149 Å². The van der Waals surface area contributed by atoms with Crippen molar-refractivity contribution < 1.29 is 0 Å². The van der Waals surface area contributed by atoms with Crippen molar-refractivity contribution in [1.82, 2.24) is 24.1 Å². The number of nitrogens with zero attached hydrogens (tertiary/aromatic N) is 5. The minimum atomic E-state index is 0.638. The third kappa shape index (κ3) is 4.93. The van der Waals surface area contributed by atoms with Crippen molar-refractivity contribution in [2.45, 2.75) is 0 Å². The zero-order valence-corrected chi connectivity index (χ0v) is 31.3. The van der Waals surface area contributed by atoms with Gasteiger partial charge in [-0.25, -0.2) is 15.0 Å². The lowest BCUT2D eigenvalue weighted by atomic mass is 10.0. The van der Waals surface area contributed by atoms with E-state index < -0.39 is 0 Å². The van der Waals surface area contributed by atoms with Crippen molar-refractivity contribution in [1.29, 1.82) is 0 Å². The van der Waals surface area contributed by atoms with Crippen LogP contribution in [-0.2, 0) is 0 Å². The fourth-order valence-corrected chi connectivity index (χ4v) is 8.95. The smallest absolute Gasteiger partial charge is 0.164 e. The van der Waals surface area contributed by atoms with Gasteiger partial charge >= 0.3 is 0 Å². The summed E-state index contributed by atoms with van der Waals surface area (Å²) in [5.74, 6) is 1.93. The maximum Gasteiger partial charge on any atom is 0.164 e. The molecular formula is C53H33N5. The molecular weight excluding hydrogens is 707 g/mol. The number of rotatable bonds is 5. The molecule has 5 heteroatoms. The minimum absolute atomic E-state index is 0.638. The topological polar surface area (TPSA) is 48.5 Å². The van der Waals surface area contributed by atoms with E-state index in [0.29, 0.717) is 17.5 Å². The Morgan fingerprint density at radius 1 is 0.310 bits per heavy atom. The van der Waals surface area contributed by atoms with Gasteiger partial charge in [-0.05, 0) is 53.2 Å². The van der Waals surface area contributed by atoms with Crippen LogP contribution in [0.5, 0.6) is 0 Å². The number of benzene rings is 9. The Kier molecular flexibility index (Phi) is 7.16. The Morgan fingerprint density at radius 2 is 0.862 bits per heavy atom. The predicted molar refractivity (Wildman–Crippen MR) is 240 cm³/mol. The summed E-state index contributed by atoms with van der Waals surface area (Å²) < 4.78 is 4.89. The normalized spacial score (nSPS) is 11.8. The predicted octanol–water partition coefficient (Wildman–Crippen LogP) is 13.4. The van der Waals surface area contributed by atoms with Gasteiger partial charge in [-0.2, -0.15) is 0 Å². The van der Waals surface area contributed by atoms with Crippen LogP contribution in [0.3, 0.4) is 0 Å². The molecule has 9 aromatic carbocycles. The van der Waals surface area contributed by atoms with Gasteiger partial charge in [0.1, 0.15) is 0 Å². The minimum Gasteiger partial charge on any atom is -0.309 e. The largest absolute Gasteiger partial charge is 0.309 e. The van der Waals surface area contributed by atoms with Crippen molar-refractivity contribution in [2.75, 3.05) is 0 Å². The molecule has 5 nitrogen and oxygen atoms in total. The second kappa shape index (κ2) is 12.8. The first-order valence-corrected chi connectivity index (χ1v) is 19.6. The summed E-state index contributed by atoms with van der Waals surface area (Å²) in [5, 5.41) is 9.56. The summed E-state index contributed by atoms with van der Waals surface area (Å²) in [6.45, 7) is 0. The van der Waals surface area contributed by atoms with Crippen LogP contribution in [0.15, 0.2) is 200 Å². The molecule has 0 spiro atoms. The fraction of sp³-hybridized carbons (Fsp3) is 0. The molecule has 0 unspecified atom stereocenters. The van der Waals surface area contributed by atoms with Gasteiger partial charge in [-0.1, -0.05) is 158 Å². The first-order valence-electron chi connectivity index (χ1n) is 19.6. The van der Waals surface area contributed by atoms with Crippen LogP contribution in [0.2, 0.25) is 0 Å². The molecule has 0 atom stereocenters. The lowest BCUT2D eigenvalue weighted by Crippen LogP contribution is -2.01. The molecule has 0 fully saturated rings. The zero-order chi connectivity index (χ0) is 38.2. The van der Waals surface area contributed by atoms with Gasteiger partial charge in [0.25, 0.3) is 0 Å². The highest BCUT2D eigenvalue weighted by atomic mass is 15.0. The Morgan fingerprint density at radius 3 is 1.59 bits per heavy atom. The molecule has 3 aromatic heterocycles. The summed E-state index contributed by atoms with van der Waals surface area (Å²) in [5.41, 5.74) is 9.77. The van der Waals surface area contributed by atoms with Crippen LogP contribution < -0.4 is 0 Å². The van der Waals surface area contributed by atoms with Gasteiger partial charge in [-0.15, -0.1) is 0 Å². The van der Waals surface area contributed by atoms with Gasteiger partial charge < -0.3 is 9.13 Å². The molecule has 58 heavy (non-hydrogen) atoms. The van der Waals surface area contributed by atoms with Crippen LogP contribution in [0, 0.1) is 0 Å². The summed E-state index contributed by atoms with van der Waals surface area (Å²) in [7, 11) is 0. The van der Waals surface area contributed by atoms with Crippen LogP contribution in [0.4, 0.5) is 0 Å². The molecule has 0 N–H and O–H groups in total. The van der Waals surface area contributed by atoms with Crippen molar-refractivity contribution >= 4 is 65.2 Å². The van der Waals surface area contributed by atoms with E-state index in [-0.39, 0.29) is 0 Å². The van der Waals surface area contributed by atoms with Crippen molar-refractivity contribution in [3.05, 3.63) is 200 Å². The summed E-state index contributed by atoms with van der Waals surface area (Å²) in [6, 6.07) is 71.0. The molecule has 3 heterocycles. The maximum absolute atomic E-state index is 5.13. The van der Waals surface area contributed by atoms with Crippen molar-refractivity contribution in [2.24, 2.45) is 0 Å². The Balaban J connectivity index is 1.14. The first-order chi connectivity index (χ1) is 28.8. The van der Waals surface area contributed by atoms with E-state index in [9.17, 15) is 0 Å². The highest BCUT2D eigenvalue weighted by Crippen LogP contribution is 2.43. The van der Waals surface area contributed by atoms with E-state index in [1.54, 1.807) is 0 Å². The molecule has 0 aliphatic carbocycles. The first kappa shape index (κ1) is 32.4. The SMILES string of the molecule is c1ccc(-c2nc(-c3ccccc3)nc(-c3ccc(-n4c5ccccc5c5cc6c7ccc8ccccc8c7n(-c7ccccc7)c6cc54)c4ccccc34)n2)cc1. The summed E-state index contributed by atoms with van der Waals surface area (Å²) in [6.07, 6.45) is 0. The quantitative estimate of drug-likeness (QED) is 0.177. The Hall–Kier alpha value is -7.89. The highest BCUT2D eigenvalue weighted by Gasteiger charge is 2.22. The van der Waals surface area contributed by atoms with Crippen LogP contribution in [-0.4, -0.2) is 24.1 Å². The van der Waals surface area contributed by atoms with E-state index in [4.69, 9.17) is 15.0 Å². The number of fused-ring (bicyclic) bond motifs is 9. The second-order valence-electron chi connectivity index (χ2n) is 14.8. The van der Waals surface area contributed by atoms with Crippen molar-refractivity contribution in [3.8, 4) is 45.5 Å². The third-order valence-corrected chi connectivity index (χ3v) is 11.5. The van der Waals surface area contributed by atoms with Crippen LogP contribution in [0.25, 0.3) is 111 Å². The van der Waals surface area contributed by atoms with E-state index in [0.717, 1.165) is 49.9 Å². The number of hydrogen-bond donors (Lipinski definition) is 0. The van der Waals surface area contributed by atoms with Gasteiger partial charge in [0.05, 0.1) is 27.8 Å². The van der Waals surface area contributed by atoms with Gasteiger partial charge in [0.2, 0.25) is 0 Å². The fourth-order valence-electron chi connectivity index (χ4n) is 8.95. The van der Waals surface area contributed by atoms with Crippen LogP contribution >= 0.6 is 0 Å². The Bertz CT molecular complexity index is 3490. The third-order valence-electron chi connectivity index (χ3n) is 11.5. The number of hydrogen-bond acceptors (Lipinski definition) is 3. The number of aromatic nitrogens is 5. The average Bonchev–Trinajstić information content (AvgIpc) is 3.80. The number of para-hydroxylation sites is 2.